The topological polar surface area (TPSA) is 21.6 Å². The summed E-state index contributed by atoms with van der Waals surface area (Å²) in [6.07, 6.45) is 15.8. The smallest absolute Gasteiger partial charge is 0.111 e. The van der Waals surface area contributed by atoms with Gasteiger partial charge in [-0.25, -0.2) is 0 Å². The van der Waals surface area contributed by atoms with Gasteiger partial charge in [-0.2, -0.15) is 0 Å². The van der Waals surface area contributed by atoms with Crippen molar-refractivity contribution in [2.75, 3.05) is 0 Å². The summed E-state index contributed by atoms with van der Waals surface area (Å²) in [6.45, 7) is 0. The average Bonchev–Trinajstić information content (AvgIpc) is 2.58. The normalized spacial score (nSPS) is 42.8. The van der Waals surface area contributed by atoms with Crippen LogP contribution >= 0.6 is 0 Å². The first-order valence-corrected chi connectivity index (χ1v) is 7.01. The van der Waals surface area contributed by atoms with Gasteiger partial charge in [-0.15, -0.1) is 0 Å². The van der Waals surface area contributed by atoms with Crippen LogP contribution in [0, 0.1) is 5.41 Å². The molecular weight excluding hydrogens is 210 g/mol. The minimum Gasteiger partial charge on any atom is -0.493 e. The molecule has 90 valence electrons. The van der Waals surface area contributed by atoms with Gasteiger partial charge in [-0.1, -0.05) is 12.5 Å². The highest BCUT2D eigenvalue weighted by molar-refractivity contribution is 5.73. The van der Waals surface area contributed by atoms with Gasteiger partial charge in [-0.3, -0.25) is 4.99 Å². The van der Waals surface area contributed by atoms with Gasteiger partial charge in [0.25, 0.3) is 0 Å². The number of aliphatic imine (C=N–C) groups is 1. The Morgan fingerprint density at radius 1 is 1.24 bits per heavy atom. The highest BCUT2D eigenvalue weighted by Crippen LogP contribution is 2.56. The summed E-state index contributed by atoms with van der Waals surface area (Å²) < 4.78 is 6.28. The fraction of sp³-hybridized carbons (Fsp3) is 0.667. The molecule has 1 fully saturated rings. The molecule has 3 atom stereocenters. The highest BCUT2D eigenvalue weighted by Gasteiger charge is 2.53. The van der Waals surface area contributed by atoms with E-state index in [0.29, 0.717) is 12.1 Å². The summed E-state index contributed by atoms with van der Waals surface area (Å²) in [5.41, 5.74) is 1.77. The molecule has 17 heavy (non-hydrogen) atoms. The average molecular weight is 229 g/mol. The zero-order valence-corrected chi connectivity index (χ0v) is 10.2. The molecule has 0 aromatic heterocycles. The largest absolute Gasteiger partial charge is 0.493 e. The molecule has 0 aromatic carbocycles. The van der Waals surface area contributed by atoms with E-state index in [2.05, 4.69) is 12.2 Å². The molecule has 2 heterocycles. The van der Waals surface area contributed by atoms with Gasteiger partial charge >= 0.3 is 0 Å². The van der Waals surface area contributed by atoms with Crippen LogP contribution in [0.5, 0.6) is 0 Å². The second-order valence-electron chi connectivity index (χ2n) is 5.79. The van der Waals surface area contributed by atoms with E-state index in [9.17, 15) is 0 Å². The maximum Gasteiger partial charge on any atom is 0.111 e. The van der Waals surface area contributed by atoms with Crippen LogP contribution in [0.2, 0.25) is 0 Å². The van der Waals surface area contributed by atoms with Crippen molar-refractivity contribution >= 4 is 6.21 Å². The zero-order chi connectivity index (χ0) is 11.3. The number of hydrogen-bond acceptors (Lipinski definition) is 2. The first-order valence-electron chi connectivity index (χ1n) is 7.01. The third kappa shape index (κ3) is 1.24. The fourth-order valence-electron chi connectivity index (χ4n) is 4.22. The standard InChI is InChI=1S/C15H19NO/c1-2-8-15-9-4-10-16-11-5-3-6-12(14(11)15)17-13(15)7-1/h4,9-11,13H,1-3,5-8H2. The van der Waals surface area contributed by atoms with E-state index >= 15 is 0 Å². The number of hydrogen-bond donors (Lipinski definition) is 0. The molecule has 2 heteroatoms. The first kappa shape index (κ1) is 9.93. The second kappa shape index (κ2) is 3.47. The monoisotopic (exact) mass is 229 g/mol. The Morgan fingerprint density at radius 2 is 2.24 bits per heavy atom. The van der Waals surface area contributed by atoms with Crippen LogP contribution in [-0.4, -0.2) is 18.4 Å². The molecule has 0 amide bonds. The van der Waals surface area contributed by atoms with Crippen molar-refractivity contribution in [2.45, 2.75) is 57.1 Å². The van der Waals surface area contributed by atoms with Crippen LogP contribution in [0.4, 0.5) is 0 Å². The summed E-state index contributed by atoms with van der Waals surface area (Å²) >= 11 is 0. The van der Waals surface area contributed by atoms with Crippen molar-refractivity contribution in [1.82, 2.24) is 0 Å². The van der Waals surface area contributed by atoms with Gasteiger partial charge < -0.3 is 4.74 Å². The van der Waals surface area contributed by atoms with E-state index < -0.39 is 0 Å². The Balaban J connectivity index is 1.88. The molecule has 2 nitrogen and oxygen atoms in total. The number of ether oxygens (including phenoxy) is 1. The van der Waals surface area contributed by atoms with Gasteiger partial charge in [0.1, 0.15) is 6.10 Å². The van der Waals surface area contributed by atoms with E-state index in [1.54, 1.807) is 5.57 Å². The molecular formula is C15H19NO. The molecule has 2 aliphatic carbocycles. The van der Waals surface area contributed by atoms with Crippen LogP contribution in [0.3, 0.4) is 0 Å². The maximum absolute atomic E-state index is 6.28. The number of rotatable bonds is 0. The fourth-order valence-corrected chi connectivity index (χ4v) is 4.22. The van der Waals surface area contributed by atoms with Gasteiger partial charge in [0.15, 0.2) is 0 Å². The SMILES string of the molecule is C1=CC23CCCCC2OC2=C3C(CCC2)N=C1. The number of nitrogens with zero attached hydrogens (tertiary/aromatic N) is 1. The van der Waals surface area contributed by atoms with Crippen molar-refractivity contribution in [3.63, 3.8) is 0 Å². The first-order chi connectivity index (χ1) is 8.40. The lowest BCUT2D eigenvalue weighted by Gasteiger charge is -2.38. The van der Waals surface area contributed by atoms with Crippen molar-refractivity contribution in [2.24, 2.45) is 10.4 Å². The molecule has 0 saturated heterocycles. The lowest BCUT2D eigenvalue weighted by molar-refractivity contribution is 0.0460. The summed E-state index contributed by atoms with van der Waals surface area (Å²) in [5.74, 6) is 1.30. The third-order valence-electron chi connectivity index (χ3n) is 4.93. The Kier molecular flexibility index (Phi) is 2.03. The summed E-state index contributed by atoms with van der Waals surface area (Å²) in [4.78, 5) is 4.72. The molecule has 3 unspecified atom stereocenters. The van der Waals surface area contributed by atoms with Crippen LogP contribution in [0.1, 0.15) is 44.9 Å². The van der Waals surface area contributed by atoms with Crippen molar-refractivity contribution in [3.8, 4) is 0 Å². The Bertz CT molecular complexity index is 434. The van der Waals surface area contributed by atoms with E-state index in [4.69, 9.17) is 9.73 Å². The predicted molar refractivity (Wildman–Crippen MR) is 68.1 cm³/mol. The lowest BCUT2D eigenvalue weighted by atomic mass is 9.65. The van der Waals surface area contributed by atoms with Gasteiger partial charge in [-0.05, 0) is 38.2 Å². The van der Waals surface area contributed by atoms with Crippen molar-refractivity contribution in [3.05, 3.63) is 23.5 Å². The van der Waals surface area contributed by atoms with E-state index in [1.165, 1.54) is 44.3 Å². The summed E-state index contributed by atoms with van der Waals surface area (Å²) in [7, 11) is 0. The van der Waals surface area contributed by atoms with Gasteiger partial charge in [0, 0.05) is 18.2 Å². The predicted octanol–water partition coefficient (Wildman–Crippen LogP) is 3.39. The van der Waals surface area contributed by atoms with Crippen LogP contribution < -0.4 is 0 Å². The minimum atomic E-state index is 0.217. The second-order valence-corrected chi connectivity index (χ2v) is 5.79. The van der Waals surface area contributed by atoms with Crippen LogP contribution in [-0.2, 0) is 4.74 Å². The number of allylic oxidation sites excluding steroid dienone is 2. The molecule has 0 N–H and O–H groups in total. The summed E-state index contributed by atoms with van der Waals surface area (Å²) in [5, 5.41) is 0. The molecule has 4 aliphatic rings. The highest BCUT2D eigenvalue weighted by atomic mass is 16.5. The molecule has 0 bridgehead atoms. The Morgan fingerprint density at radius 3 is 3.24 bits per heavy atom. The van der Waals surface area contributed by atoms with Gasteiger partial charge in [0.2, 0.25) is 0 Å². The van der Waals surface area contributed by atoms with E-state index in [1.807, 2.05) is 6.21 Å². The van der Waals surface area contributed by atoms with E-state index in [-0.39, 0.29) is 5.41 Å². The van der Waals surface area contributed by atoms with Crippen molar-refractivity contribution in [1.29, 1.82) is 0 Å². The van der Waals surface area contributed by atoms with E-state index in [0.717, 1.165) is 6.42 Å². The lowest BCUT2D eigenvalue weighted by Crippen LogP contribution is -2.37. The molecule has 1 spiro atoms. The summed E-state index contributed by atoms with van der Waals surface area (Å²) in [6, 6.07) is 0.414. The molecule has 2 aliphatic heterocycles. The quantitative estimate of drug-likeness (QED) is 0.624. The Labute approximate surface area is 102 Å². The molecule has 1 saturated carbocycles. The minimum absolute atomic E-state index is 0.217. The van der Waals surface area contributed by atoms with Crippen LogP contribution in [0.25, 0.3) is 0 Å². The van der Waals surface area contributed by atoms with Crippen LogP contribution in [0.15, 0.2) is 28.5 Å². The van der Waals surface area contributed by atoms with Crippen molar-refractivity contribution < 1.29 is 4.74 Å². The molecule has 4 rings (SSSR count). The Hall–Kier alpha value is -1.05. The molecule has 0 aromatic rings. The zero-order valence-electron chi connectivity index (χ0n) is 10.2. The van der Waals surface area contributed by atoms with Gasteiger partial charge in [0.05, 0.1) is 17.2 Å². The molecule has 0 radical (unpaired) electrons. The third-order valence-corrected chi connectivity index (χ3v) is 4.93. The maximum atomic E-state index is 6.28.